The summed E-state index contributed by atoms with van der Waals surface area (Å²) in [6, 6.07) is 20.5. The molecule has 0 aliphatic heterocycles. The van der Waals surface area contributed by atoms with E-state index in [2.05, 4.69) is 77.8 Å². The molecule has 0 fully saturated rings. The van der Waals surface area contributed by atoms with Gasteiger partial charge in [-0.2, -0.15) is 5.26 Å². The first-order chi connectivity index (χ1) is 21.7. The maximum atomic E-state index is 10.1. The molecule has 6 nitrogen and oxygen atoms in total. The Kier molecular flexibility index (Phi) is 9.01. The fourth-order valence-corrected chi connectivity index (χ4v) is 6.35. The van der Waals surface area contributed by atoms with Gasteiger partial charge in [-0.05, 0) is 105 Å². The van der Waals surface area contributed by atoms with Gasteiger partial charge in [-0.3, -0.25) is 0 Å². The average Bonchev–Trinajstić information content (AvgIpc) is 3.33. The van der Waals surface area contributed by atoms with Crippen molar-refractivity contribution in [1.29, 1.82) is 5.26 Å². The van der Waals surface area contributed by atoms with E-state index in [0.29, 0.717) is 17.0 Å². The minimum absolute atomic E-state index is 0.0245. The number of aromatic nitrogens is 1. The van der Waals surface area contributed by atoms with Crippen molar-refractivity contribution in [2.24, 2.45) is 16.2 Å². The Balaban J connectivity index is 1.74. The zero-order valence-electron chi connectivity index (χ0n) is 26.5. The van der Waals surface area contributed by atoms with Crippen LogP contribution in [0.5, 0.6) is 0 Å². The van der Waals surface area contributed by atoms with Crippen LogP contribution in [0.1, 0.15) is 71.3 Å². The Hall–Kier alpha value is -5.41. The maximum Gasteiger partial charge on any atom is 0.0998 e. The molecular weight excluding hydrogens is 556 g/mol. The molecule has 0 spiro atoms. The van der Waals surface area contributed by atoms with Crippen molar-refractivity contribution in [3.05, 3.63) is 136 Å². The number of hydrogen-bond donors (Lipinski definition) is 2. The molecular formula is C39H38N4O2. The maximum absolute atomic E-state index is 10.1. The Morgan fingerprint density at radius 1 is 1.02 bits per heavy atom. The normalized spacial score (nSPS) is 15.5. The van der Waals surface area contributed by atoms with Crippen LogP contribution in [0.4, 0.5) is 0 Å². The van der Waals surface area contributed by atoms with Crippen molar-refractivity contribution in [2.75, 3.05) is 0 Å². The van der Waals surface area contributed by atoms with Gasteiger partial charge in [0.15, 0.2) is 0 Å². The summed E-state index contributed by atoms with van der Waals surface area (Å²) in [6.07, 6.45) is 11.8. The number of benzene rings is 3. The topological polar surface area (TPSA) is 93.9 Å². The molecule has 1 aliphatic carbocycles. The molecule has 6 heteroatoms. The number of nitrogens with zero attached hydrogens (tertiary/aromatic N) is 4. The van der Waals surface area contributed by atoms with Crippen LogP contribution in [-0.4, -0.2) is 26.4 Å². The monoisotopic (exact) mass is 594 g/mol. The molecule has 1 aliphatic rings. The largest absolute Gasteiger partial charge is 0.411 e. The first kappa shape index (κ1) is 31.0. The van der Waals surface area contributed by atoms with Gasteiger partial charge in [0, 0.05) is 39.4 Å². The molecule has 1 aromatic heterocycles. The van der Waals surface area contributed by atoms with Crippen LogP contribution in [0, 0.1) is 38.0 Å². The minimum Gasteiger partial charge on any atom is -0.411 e. The third kappa shape index (κ3) is 5.90. The van der Waals surface area contributed by atoms with E-state index in [1.54, 1.807) is 6.92 Å². The zero-order valence-corrected chi connectivity index (χ0v) is 26.5. The number of oxime groups is 2. The summed E-state index contributed by atoms with van der Waals surface area (Å²) in [5.74, 6) is -0.0245. The molecule has 226 valence electrons. The molecule has 3 aromatic carbocycles. The summed E-state index contributed by atoms with van der Waals surface area (Å²) in [5.41, 5.74) is 12.3. The standard InChI is InChI=1S/C39H38N4O2/c1-7-29(26(4)38-25(3)19-24(2)20-33(38)23-40)21-35-28(6)43(34-16-13-30(14-17-34)27(5)41-44)37-18-15-32(22-36(35)37)39(42-45)31-11-9-8-10-12-31/h8-11,13-22,31,44-45H,4,7,12H2,1-3,5-6H3/b29-21+,41-27+,42-39+. The smallest absolute Gasteiger partial charge is 0.0998 e. The number of fused-ring (bicyclic) bond motifs is 1. The van der Waals surface area contributed by atoms with E-state index < -0.39 is 0 Å². The summed E-state index contributed by atoms with van der Waals surface area (Å²) in [6.45, 7) is 14.5. The Bertz CT molecular complexity index is 1990. The van der Waals surface area contributed by atoms with Crippen molar-refractivity contribution in [1.82, 2.24) is 4.57 Å². The summed E-state index contributed by atoms with van der Waals surface area (Å²) in [4.78, 5) is 0. The molecule has 1 atom stereocenters. The van der Waals surface area contributed by atoms with Crippen LogP contribution in [0.3, 0.4) is 0 Å². The molecule has 2 N–H and O–H groups in total. The lowest BCUT2D eigenvalue weighted by atomic mass is 9.88. The van der Waals surface area contributed by atoms with Gasteiger partial charge in [0.05, 0.1) is 28.6 Å². The quantitative estimate of drug-likeness (QED) is 0.0921. The SMILES string of the molecule is C=C(/C(=C/c1c(C)n(-c2ccc(/C(C)=N/O)cc2)c2ccc(/C(=N/O)C3C=CC=CC3)cc12)CC)c1c(C)cc(C)cc1C#N. The first-order valence-electron chi connectivity index (χ1n) is 15.1. The predicted molar refractivity (Wildman–Crippen MR) is 185 cm³/mol. The molecule has 45 heavy (non-hydrogen) atoms. The van der Waals surface area contributed by atoms with Crippen molar-refractivity contribution in [2.45, 2.75) is 47.5 Å². The average molecular weight is 595 g/mol. The van der Waals surface area contributed by atoms with Gasteiger partial charge in [-0.25, -0.2) is 0 Å². The highest BCUT2D eigenvalue weighted by molar-refractivity contribution is 6.07. The lowest BCUT2D eigenvalue weighted by Gasteiger charge is -2.16. The fourth-order valence-electron chi connectivity index (χ4n) is 6.35. The molecule has 5 rings (SSSR count). The van der Waals surface area contributed by atoms with E-state index >= 15 is 0 Å². The second-order valence-electron chi connectivity index (χ2n) is 11.6. The number of hydrogen-bond acceptors (Lipinski definition) is 5. The van der Waals surface area contributed by atoms with E-state index in [1.807, 2.05) is 62.4 Å². The van der Waals surface area contributed by atoms with Crippen molar-refractivity contribution in [3.63, 3.8) is 0 Å². The van der Waals surface area contributed by atoms with E-state index in [4.69, 9.17) is 0 Å². The van der Waals surface area contributed by atoms with E-state index in [-0.39, 0.29) is 5.92 Å². The lowest BCUT2D eigenvalue weighted by Crippen LogP contribution is -2.14. The van der Waals surface area contributed by atoms with E-state index in [1.165, 1.54) is 0 Å². The third-order valence-corrected chi connectivity index (χ3v) is 8.67. The molecule has 0 saturated carbocycles. The van der Waals surface area contributed by atoms with Crippen LogP contribution in [0.25, 0.3) is 28.2 Å². The molecule has 1 unspecified atom stereocenters. The third-order valence-electron chi connectivity index (χ3n) is 8.67. The second kappa shape index (κ2) is 13.1. The van der Waals surface area contributed by atoms with Gasteiger partial charge in [0.1, 0.15) is 0 Å². The second-order valence-corrected chi connectivity index (χ2v) is 11.6. The summed E-state index contributed by atoms with van der Waals surface area (Å²) >= 11 is 0. The number of allylic oxidation sites excluding steroid dienone is 6. The van der Waals surface area contributed by atoms with Gasteiger partial charge < -0.3 is 15.0 Å². The van der Waals surface area contributed by atoms with Crippen molar-refractivity contribution >= 4 is 34.0 Å². The van der Waals surface area contributed by atoms with Crippen LogP contribution in [0.15, 0.2) is 101 Å². The fraction of sp³-hybridized carbons (Fsp3) is 0.205. The number of nitriles is 1. The number of aryl methyl sites for hydroxylation is 2. The Morgan fingerprint density at radius 3 is 2.38 bits per heavy atom. The van der Waals surface area contributed by atoms with Crippen LogP contribution in [0.2, 0.25) is 0 Å². The van der Waals surface area contributed by atoms with E-state index in [9.17, 15) is 15.7 Å². The highest BCUT2D eigenvalue weighted by atomic mass is 16.4. The van der Waals surface area contributed by atoms with E-state index in [0.717, 1.165) is 79.7 Å². The lowest BCUT2D eigenvalue weighted by molar-refractivity contribution is 0.316. The summed E-state index contributed by atoms with van der Waals surface area (Å²) in [5, 5.41) is 37.5. The molecule has 0 amide bonds. The highest BCUT2D eigenvalue weighted by Gasteiger charge is 2.21. The Morgan fingerprint density at radius 2 is 1.76 bits per heavy atom. The molecule has 1 heterocycles. The van der Waals surface area contributed by atoms with Gasteiger partial charge in [-0.15, -0.1) is 0 Å². The van der Waals surface area contributed by atoms with Gasteiger partial charge in [-0.1, -0.05) is 72.4 Å². The van der Waals surface area contributed by atoms with Crippen LogP contribution in [-0.2, 0) is 0 Å². The molecule has 0 saturated heterocycles. The van der Waals surface area contributed by atoms with Crippen molar-refractivity contribution < 1.29 is 10.4 Å². The highest BCUT2D eigenvalue weighted by Crippen LogP contribution is 2.37. The summed E-state index contributed by atoms with van der Waals surface area (Å²) < 4.78 is 2.22. The Labute approximate surface area is 264 Å². The van der Waals surface area contributed by atoms with Crippen LogP contribution >= 0.6 is 0 Å². The van der Waals surface area contributed by atoms with Gasteiger partial charge >= 0.3 is 0 Å². The molecule has 0 bridgehead atoms. The van der Waals surface area contributed by atoms with Crippen LogP contribution < -0.4 is 0 Å². The van der Waals surface area contributed by atoms with Crippen molar-refractivity contribution in [3.8, 4) is 11.8 Å². The molecule has 0 radical (unpaired) electrons. The zero-order chi connectivity index (χ0) is 32.2. The molecule has 4 aromatic rings. The first-order valence-corrected chi connectivity index (χ1v) is 15.1. The number of rotatable bonds is 8. The minimum atomic E-state index is -0.0245. The van der Waals surface area contributed by atoms with Gasteiger partial charge in [0.25, 0.3) is 0 Å². The summed E-state index contributed by atoms with van der Waals surface area (Å²) in [7, 11) is 0. The predicted octanol–water partition coefficient (Wildman–Crippen LogP) is 9.44. The van der Waals surface area contributed by atoms with Gasteiger partial charge in [0.2, 0.25) is 0 Å².